The van der Waals surface area contributed by atoms with Crippen molar-refractivity contribution in [3.8, 4) is 0 Å². The van der Waals surface area contributed by atoms with Crippen LogP contribution in [0.25, 0.3) is 10.1 Å². The molecule has 0 amide bonds. The fourth-order valence-corrected chi connectivity index (χ4v) is 4.18. The summed E-state index contributed by atoms with van der Waals surface area (Å²) >= 11 is 1.55. The number of hydrogen-bond donors (Lipinski definition) is 3. The van der Waals surface area contributed by atoms with Crippen LogP contribution in [-0.2, 0) is 13.0 Å². The van der Waals surface area contributed by atoms with E-state index in [4.69, 9.17) is 5.11 Å². The van der Waals surface area contributed by atoms with Gasteiger partial charge in [-0.1, -0.05) is 6.07 Å². The average Bonchev–Trinajstić information content (AvgIpc) is 3.17. The highest BCUT2D eigenvalue weighted by Crippen LogP contribution is 2.37. The minimum Gasteiger partial charge on any atom is -0.391 e. The predicted octanol–water partition coefficient (Wildman–Crippen LogP) is 3.22. The molecule has 2 heterocycles. The molecular formula is C18H17N3O2S. The van der Waals surface area contributed by atoms with Gasteiger partial charge in [-0.15, -0.1) is 11.3 Å². The van der Waals surface area contributed by atoms with Crippen LogP contribution in [0.2, 0.25) is 0 Å². The van der Waals surface area contributed by atoms with Crippen molar-refractivity contribution in [1.82, 2.24) is 4.98 Å². The van der Waals surface area contributed by atoms with E-state index < -0.39 is 0 Å². The summed E-state index contributed by atoms with van der Waals surface area (Å²) in [6, 6.07) is 8.16. The van der Waals surface area contributed by atoms with Gasteiger partial charge in [-0.2, -0.15) is 0 Å². The molecule has 0 unspecified atom stereocenters. The van der Waals surface area contributed by atoms with Crippen molar-refractivity contribution >= 4 is 38.5 Å². The minimum atomic E-state index is -0.163. The third-order valence-electron chi connectivity index (χ3n) is 4.29. The number of aromatic nitrogens is 1. The Labute approximate surface area is 143 Å². The molecule has 0 bridgehead atoms. The van der Waals surface area contributed by atoms with Gasteiger partial charge in [-0.3, -0.25) is 9.98 Å². The second-order valence-corrected chi connectivity index (χ2v) is 6.81. The lowest BCUT2D eigenvalue weighted by atomic mass is 10.1. The van der Waals surface area contributed by atoms with Crippen LogP contribution in [0.15, 0.2) is 41.7 Å². The zero-order valence-corrected chi connectivity index (χ0v) is 13.8. The zero-order chi connectivity index (χ0) is 16.5. The summed E-state index contributed by atoms with van der Waals surface area (Å²) in [5.41, 5.74) is 5.27. The molecule has 0 radical (unpaired) electrons. The number of aliphatic hydroxyl groups excluding tert-OH is 2. The van der Waals surface area contributed by atoms with Gasteiger partial charge < -0.3 is 15.5 Å². The normalized spacial score (nSPS) is 15.2. The number of anilines is 2. The molecule has 0 saturated heterocycles. The molecule has 0 aliphatic heterocycles. The van der Waals surface area contributed by atoms with Gasteiger partial charge in [0.05, 0.1) is 21.9 Å². The molecule has 0 saturated carbocycles. The van der Waals surface area contributed by atoms with Crippen molar-refractivity contribution in [3.05, 3.63) is 52.7 Å². The number of pyridine rings is 1. The first-order chi connectivity index (χ1) is 11.8. The molecule has 3 N–H and O–H groups in total. The van der Waals surface area contributed by atoms with Crippen LogP contribution in [0.3, 0.4) is 0 Å². The number of rotatable bonds is 4. The van der Waals surface area contributed by atoms with Crippen molar-refractivity contribution < 1.29 is 10.2 Å². The second-order valence-electron chi connectivity index (χ2n) is 5.67. The first-order valence-electron chi connectivity index (χ1n) is 7.81. The molecular weight excluding hydrogens is 322 g/mol. The predicted molar refractivity (Wildman–Crippen MR) is 97.2 cm³/mol. The Kier molecular flexibility index (Phi) is 4.02. The largest absolute Gasteiger partial charge is 0.391 e. The number of aryl methyl sites for hydroxylation is 1. The van der Waals surface area contributed by atoms with Crippen LogP contribution in [-0.4, -0.2) is 27.6 Å². The van der Waals surface area contributed by atoms with E-state index in [9.17, 15) is 5.11 Å². The molecule has 6 heteroatoms. The quantitative estimate of drug-likeness (QED) is 0.682. The Balaban J connectivity index is 1.71. The van der Waals surface area contributed by atoms with Crippen molar-refractivity contribution in [2.45, 2.75) is 19.4 Å². The van der Waals surface area contributed by atoms with Crippen LogP contribution < -0.4 is 5.32 Å². The number of thiophene rings is 1. The Morgan fingerprint density at radius 2 is 2.12 bits per heavy atom. The van der Waals surface area contributed by atoms with Crippen molar-refractivity contribution in [2.75, 3.05) is 12.0 Å². The van der Waals surface area contributed by atoms with Crippen LogP contribution in [0.1, 0.15) is 22.4 Å². The van der Waals surface area contributed by atoms with E-state index in [2.05, 4.69) is 21.4 Å². The molecule has 1 aromatic carbocycles. The molecule has 122 valence electrons. The monoisotopic (exact) mass is 339 g/mol. The number of aliphatic hydroxyl groups is 2. The maximum absolute atomic E-state index is 9.66. The summed E-state index contributed by atoms with van der Waals surface area (Å²) in [6.07, 6.45) is 5.39. The molecule has 0 fully saturated rings. The molecule has 2 aromatic heterocycles. The summed E-state index contributed by atoms with van der Waals surface area (Å²) in [5, 5.41) is 23.2. The van der Waals surface area contributed by atoms with E-state index in [1.54, 1.807) is 17.5 Å². The number of nitrogens with zero attached hydrogens (tertiary/aromatic N) is 2. The number of benzene rings is 1. The molecule has 3 aromatic rings. The van der Waals surface area contributed by atoms with Gasteiger partial charge in [0.25, 0.3) is 0 Å². The maximum atomic E-state index is 9.66. The highest BCUT2D eigenvalue weighted by atomic mass is 32.1. The first kappa shape index (κ1) is 15.3. The van der Waals surface area contributed by atoms with E-state index in [-0.39, 0.29) is 13.3 Å². The van der Waals surface area contributed by atoms with Crippen LogP contribution in [0, 0.1) is 0 Å². The Hall–Kier alpha value is -2.28. The van der Waals surface area contributed by atoms with Gasteiger partial charge in [0.15, 0.2) is 0 Å². The van der Waals surface area contributed by atoms with E-state index in [0.29, 0.717) is 0 Å². The summed E-state index contributed by atoms with van der Waals surface area (Å²) < 4.78 is 1.06. The maximum Gasteiger partial charge on any atom is 0.134 e. The number of fused-ring (bicyclic) bond motifs is 2. The molecule has 0 atom stereocenters. The standard InChI is InChI=1S/C18H17N3O2S/c22-9-17-18(14-5-6-19-8-16(14)24-17)21-12-2-3-13-11(7-12)1-4-15(13)20-10-23/h2-3,5-8,21-23H,1,4,9-10H2/b20-15-. The topological polar surface area (TPSA) is 77.7 Å². The van der Waals surface area contributed by atoms with E-state index in [1.807, 2.05) is 24.4 Å². The smallest absolute Gasteiger partial charge is 0.134 e. The molecule has 4 rings (SSSR count). The van der Waals surface area contributed by atoms with E-state index >= 15 is 0 Å². The summed E-state index contributed by atoms with van der Waals surface area (Å²) in [5.74, 6) is 0. The lowest BCUT2D eigenvalue weighted by molar-refractivity contribution is 0.286. The van der Waals surface area contributed by atoms with Crippen molar-refractivity contribution in [2.24, 2.45) is 4.99 Å². The Morgan fingerprint density at radius 1 is 1.21 bits per heavy atom. The number of nitrogens with one attached hydrogen (secondary N) is 1. The molecule has 1 aliphatic rings. The highest BCUT2D eigenvalue weighted by molar-refractivity contribution is 7.19. The van der Waals surface area contributed by atoms with Gasteiger partial charge in [0.1, 0.15) is 6.73 Å². The SMILES string of the molecule is OC/N=C1/CCc2cc(Nc3c(CO)sc4cnccc34)ccc21. The van der Waals surface area contributed by atoms with Crippen molar-refractivity contribution in [3.63, 3.8) is 0 Å². The summed E-state index contributed by atoms with van der Waals surface area (Å²) in [6.45, 7) is -0.163. The van der Waals surface area contributed by atoms with Gasteiger partial charge >= 0.3 is 0 Å². The fraction of sp³-hybridized carbons (Fsp3) is 0.222. The molecule has 5 nitrogen and oxygen atoms in total. The first-order valence-corrected chi connectivity index (χ1v) is 8.62. The third kappa shape index (κ3) is 2.58. The molecule has 24 heavy (non-hydrogen) atoms. The van der Waals surface area contributed by atoms with Crippen LogP contribution >= 0.6 is 11.3 Å². The average molecular weight is 339 g/mol. The lowest BCUT2D eigenvalue weighted by Crippen LogP contribution is -1.98. The molecule has 1 aliphatic carbocycles. The summed E-state index contributed by atoms with van der Waals surface area (Å²) in [4.78, 5) is 9.20. The Morgan fingerprint density at radius 3 is 2.96 bits per heavy atom. The highest BCUT2D eigenvalue weighted by Gasteiger charge is 2.18. The van der Waals surface area contributed by atoms with Gasteiger partial charge in [0.2, 0.25) is 0 Å². The number of hydrogen-bond acceptors (Lipinski definition) is 6. The zero-order valence-electron chi connectivity index (χ0n) is 13.0. The Bertz CT molecular complexity index is 933. The van der Waals surface area contributed by atoms with Gasteiger partial charge in [0, 0.05) is 29.2 Å². The fourth-order valence-electron chi connectivity index (χ4n) is 3.19. The van der Waals surface area contributed by atoms with Crippen LogP contribution in [0.5, 0.6) is 0 Å². The van der Waals surface area contributed by atoms with Gasteiger partial charge in [-0.05, 0) is 42.2 Å². The van der Waals surface area contributed by atoms with E-state index in [1.165, 1.54) is 5.56 Å². The minimum absolute atomic E-state index is 0.0000728. The molecule has 0 spiro atoms. The summed E-state index contributed by atoms with van der Waals surface area (Å²) in [7, 11) is 0. The van der Waals surface area contributed by atoms with Gasteiger partial charge in [-0.25, -0.2) is 0 Å². The van der Waals surface area contributed by atoms with E-state index in [0.717, 1.165) is 50.5 Å². The van der Waals surface area contributed by atoms with Crippen molar-refractivity contribution in [1.29, 1.82) is 0 Å². The third-order valence-corrected chi connectivity index (χ3v) is 5.41. The second kappa shape index (κ2) is 6.32. The lowest BCUT2D eigenvalue weighted by Gasteiger charge is -2.10. The number of aliphatic imine (C=N–C) groups is 1. The van der Waals surface area contributed by atoms with Crippen LogP contribution in [0.4, 0.5) is 11.4 Å².